The number of carbonyl (C=O) groups is 2. The molecule has 2 aromatic rings. The summed E-state index contributed by atoms with van der Waals surface area (Å²) < 4.78 is 0. The number of allylic oxidation sites excluding steroid dienone is 1. The molecule has 7 heteroatoms. The fourth-order valence-electron chi connectivity index (χ4n) is 3.24. The Hall–Kier alpha value is -3.19. The van der Waals surface area contributed by atoms with Gasteiger partial charge in [-0.3, -0.25) is 9.78 Å². The van der Waals surface area contributed by atoms with E-state index in [1.807, 2.05) is 36.4 Å². The van der Waals surface area contributed by atoms with Crippen molar-refractivity contribution in [1.29, 1.82) is 0 Å². The SMILES string of the molecule is CC(=O)C1/C=C\CN(C(=O)Nc2cc(-c3ccncc3)ccc2N)CC(N)C1. The highest BCUT2D eigenvalue weighted by molar-refractivity contribution is 5.94. The number of amides is 2. The fourth-order valence-corrected chi connectivity index (χ4v) is 3.24. The molecule has 0 saturated heterocycles. The van der Waals surface area contributed by atoms with Crippen LogP contribution in [0.25, 0.3) is 11.1 Å². The number of Topliss-reactive ketones (excluding diaryl/α,β-unsaturated/α-hetero) is 1. The van der Waals surface area contributed by atoms with Crippen molar-refractivity contribution in [2.75, 3.05) is 24.1 Å². The number of nitrogen functional groups attached to an aromatic ring is 1. The van der Waals surface area contributed by atoms with Crippen LogP contribution in [0, 0.1) is 5.92 Å². The molecule has 0 fully saturated rings. The van der Waals surface area contributed by atoms with Gasteiger partial charge in [0.15, 0.2) is 0 Å². The highest BCUT2D eigenvalue weighted by Crippen LogP contribution is 2.27. The van der Waals surface area contributed by atoms with E-state index >= 15 is 0 Å². The molecule has 0 saturated carbocycles. The number of hydrogen-bond acceptors (Lipinski definition) is 5. The number of nitrogens with zero attached hydrogens (tertiary/aromatic N) is 2. The number of hydrogen-bond donors (Lipinski definition) is 3. The van der Waals surface area contributed by atoms with Crippen molar-refractivity contribution in [2.24, 2.45) is 11.7 Å². The van der Waals surface area contributed by atoms with Gasteiger partial charge in [0, 0.05) is 37.4 Å². The summed E-state index contributed by atoms with van der Waals surface area (Å²) in [5, 5.41) is 2.88. The normalized spacial score (nSPS) is 20.7. The minimum absolute atomic E-state index is 0.0882. The third-order valence-electron chi connectivity index (χ3n) is 4.82. The van der Waals surface area contributed by atoms with Gasteiger partial charge in [0.25, 0.3) is 0 Å². The van der Waals surface area contributed by atoms with Gasteiger partial charge in [0.2, 0.25) is 0 Å². The summed E-state index contributed by atoms with van der Waals surface area (Å²) >= 11 is 0. The number of aromatic nitrogens is 1. The number of nitrogens with two attached hydrogens (primary N) is 2. The van der Waals surface area contributed by atoms with Gasteiger partial charge >= 0.3 is 6.03 Å². The average molecular weight is 379 g/mol. The summed E-state index contributed by atoms with van der Waals surface area (Å²) in [7, 11) is 0. The lowest BCUT2D eigenvalue weighted by atomic mass is 9.94. The monoisotopic (exact) mass is 379 g/mol. The molecule has 0 spiro atoms. The lowest BCUT2D eigenvalue weighted by Gasteiger charge is -2.28. The Bertz CT molecular complexity index is 882. The summed E-state index contributed by atoms with van der Waals surface area (Å²) in [6, 6.07) is 8.74. The van der Waals surface area contributed by atoms with Crippen LogP contribution in [0.2, 0.25) is 0 Å². The fraction of sp³-hybridized carbons (Fsp3) is 0.286. The summed E-state index contributed by atoms with van der Waals surface area (Å²) in [6.45, 7) is 2.31. The van der Waals surface area contributed by atoms with Gasteiger partial charge in [-0.15, -0.1) is 0 Å². The number of rotatable bonds is 3. The second-order valence-corrected chi connectivity index (χ2v) is 7.01. The number of urea groups is 1. The minimum atomic E-state index is -0.278. The predicted octanol–water partition coefficient (Wildman–Crippen LogP) is 2.66. The third kappa shape index (κ3) is 4.75. The molecular weight excluding hydrogens is 354 g/mol. The minimum Gasteiger partial charge on any atom is -0.397 e. The van der Waals surface area contributed by atoms with Gasteiger partial charge < -0.3 is 21.7 Å². The average Bonchev–Trinajstić information content (AvgIpc) is 2.66. The van der Waals surface area contributed by atoms with Gasteiger partial charge in [-0.25, -0.2) is 4.79 Å². The van der Waals surface area contributed by atoms with Gasteiger partial charge in [-0.2, -0.15) is 0 Å². The molecule has 1 aliphatic rings. The Morgan fingerprint density at radius 2 is 1.93 bits per heavy atom. The van der Waals surface area contributed by atoms with Crippen molar-refractivity contribution in [3.63, 3.8) is 0 Å². The zero-order chi connectivity index (χ0) is 20.1. The molecule has 2 heterocycles. The van der Waals surface area contributed by atoms with Crippen LogP contribution < -0.4 is 16.8 Å². The highest BCUT2D eigenvalue weighted by Gasteiger charge is 2.23. The number of pyridine rings is 1. The first-order chi connectivity index (χ1) is 13.4. The lowest BCUT2D eigenvalue weighted by molar-refractivity contribution is -0.119. The van der Waals surface area contributed by atoms with Crippen LogP contribution in [-0.4, -0.2) is 40.8 Å². The van der Waals surface area contributed by atoms with Gasteiger partial charge in [0.1, 0.15) is 5.78 Å². The van der Waals surface area contributed by atoms with E-state index in [2.05, 4.69) is 10.3 Å². The van der Waals surface area contributed by atoms with Crippen LogP contribution in [-0.2, 0) is 4.79 Å². The van der Waals surface area contributed by atoms with Crippen LogP contribution in [0.4, 0.5) is 16.2 Å². The van der Waals surface area contributed by atoms with Crippen molar-refractivity contribution in [2.45, 2.75) is 19.4 Å². The number of carbonyl (C=O) groups excluding carboxylic acids is 2. The predicted molar refractivity (Wildman–Crippen MR) is 111 cm³/mol. The van der Waals surface area contributed by atoms with Crippen molar-refractivity contribution in [3.05, 3.63) is 54.9 Å². The molecule has 2 amide bonds. The maximum Gasteiger partial charge on any atom is 0.322 e. The molecule has 1 aliphatic heterocycles. The zero-order valence-corrected chi connectivity index (χ0v) is 15.8. The molecule has 3 rings (SSSR count). The molecule has 2 atom stereocenters. The van der Waals surface area contributed by atoms with E-state index in [0.717, 1.165) is 11.1 Å². The Morgan fingerprint density at radius 3 is 2.64 bits per heavy atom. The molecule has 5 N–H and O–H groups in total. The van der Waals surface area contributed by atoms with Crippen LogP contribution in [0.1, 0.15) is 13.3 Å². The summed E-state index contributed by atoms with van der Waals surface area (Å²) in [6.07, 6.45) is 7.63. The number of nitrogens with one attached hydrogen (secondary N) is 1. The summed E-state index contributed by atoms with van der Waals surface area (Å²) in [5.74, 6) is -0.0989. The Kier molecular flexibility index (Phi) is 6.06. The van der Waals surface area contributed by atoms with Crippen molar-refractivity contribution in [3.8, 4) is 11.1 Å². The lowest BCUT2D eigenvalue weighted by Crippen LogP contribution is -2.45. The molecule has 1 aromatic carbocycles. The molecule has 146 valence electrons. The summed E-state index contributed by atoms with van der Waals surface area (Å²) in [5.41, 5.74) is 15.1. The first-order valence-electron chi connectivity index (χ1n) is 9.22. The zero-order valence-electron chi connectivity index (χ0n) is 15.8. The van der Waals surface area contributed by atoms with E-state index in [9.17, 15) is 9.59 Å². The molecule has 0 bridgehead atoms. The van der Waals surface area contributed by atoms with E-state index in [1.54, 1.807) is 30.3 Å². The molecule has 2 unspecified atom stereocenters. The standard InChI is InChI=1S/C21H25N5O2/c1-14(27)16-3-2-10-26(13-18(22)11-16)21(28)25-20-12-17(4-5-19(20)23)15-6-8-24-9-7-15/h2-9,12,16,18H,10-11,13,22-23H2,1H3,(H,25,28)/b3-2-. The largest absolute Gasteiger partial charge is 0.397 e. The molecular formula is C21H25N5O2. The topological polar surface area (TPSA) is 114 Å². The van der Waals surface area contributed by atoms with Crippen LogP contribution in [0.15, 0.2) is 54.9 Å². The first-order valence-corrected chi connectivity index (χ1v) is 9.22. The van der Waals surface area contributed by atoms with E-state index in [1.165, 1.54) is 0 Å². The summed E-state index contributed by atoms with van der Waals surface area (Å²) in [4.78, 5) is 30.1. The second kappa shape index (κ2) is 8.67. The Morgan fingerprint density at radius 1 is 1.18 bits per heavy atom. The van der Waals surface area contributed by atoms with E-state index in [0.29, 0.717) is 30.9 Å². The molecule has 0 aliphatic carbocycles. The van der Waals surface area contributed by atoms with Crippen molar-refractivity contribution in [1.82, 2.24) is 9.88 Å². The second-order valence-electron chi connectivity index (χ2n) is 7.01. The van der Waals surface area contributed by atoms with E-state index in [-0.39, 0.29) is 23.8 Å². The van der Waals surface area contributed by atoms with E-state index in [4.69, 9.17) is 11.5 Å². The van der Waals surface area contributed by atoms with Crippen molar-refractivity contribution < 1.29 is 9.59 Å². The van der Waals surface area contributed by atoms with Crippen LogP contribution in [0.3, 0.4) is 0 Å². The maximum absolute atomic E-state index is 12.8. The smallest absolute Gasteiger partial charge is 0.322 e. The van der Waals surface area contributed by atoms with E-state index < -0.39 is 0 Å². The number of benzene rings is 1. The maximum atomic E-state index is 12.8. The highest BCUT2D eigenvalue weighted by atomic mass is 16.2. The molecule has 7 nitrogen and oxygen atoms in total. The molecule has 1 aromatic heterocycles. The molecule has 28 heavy (non-hydrogen) atoms. The van der Waals surface area contributed by atoms with Gasteiger partial charge in [0.05, 0.1) is 11.4 Å². The van der Waals surface area contributed by atoms with Crippen molar-refractivity contribution >= 4 is 23.2 Å². The van der Waals surface area contributed by atoms with Gasteiger partial charge in [-0.1, -0.05) is 18.2 Å². The molecule has 0 radical (unpaired) electrons. The number of ketones is 1. The first kappa shape index (κ1) is 19.6. The van der Waals surface area contributed by atoms with Crippen LogP contribution in [0.5, 0.6) is 0 Å². The third-order valence-corrected chi connectivity index (χ3v) is 4.82. The quantitative estimate of drug-likeness (QED) is 0.560. The van der Waals surface area contributed by atoms with Crippen LogP contribution >= 0.6 is 0 Å². The van der Waals surface area contributed by atoms with Gasteiger partial charge in [-0.05, 0) is 48.7 Å². The Balaban J connectivity index is 1.75. The Labute approximate surface area is 164 Å². The number of anilines is 2.